The fraction of sp³-hybridized carbons (Fsp3) is 0.389. The van der Waals surface area contributed by atoms with Crippen LogP contribution in [-0.2, 0) is 9.59 Å². The summed E-state index contributed by atoms with van der Waals surface area (Å²) in [7, 11) is 0. The average molecular weight is 358 g/mol. The van der Waals surface area contributed by atoms with Crippen molar-refractivity contribution in [1.82, 2.24) is 4.90 Å². The summed E-state index contributed by atoms with van der Waals surface area (Å²) in [6.45, 7) is 3.86. The Morgan fingerprint density at radius 2 is 2.16 bits per heavy atom. The van der Waals surface area contributed by atoms with Crippen LogP contribution in [0.3, 0.4) is 0 Å². The van der Waals surface area contributed by atoms with Crippen molar-refractivity contribution in [3.8, 4) is 0 Å². The SMILES string of the molecule is Cc1cc(=O)oc2cc(NC(=O)C3CSC4(C)CCC(=O)N34)ccc12. The summed E-state index contributed by atoms with van der Waals surface area (Å²) >= 11 is 1.66. The summed E-state index contributed by atoms with van der Waals surface area (Å²) in [5.41, 5.74) is 1.40. The Hall–Kier alpha value is -2.28. The van der Waals surface area contributed by atoms with Crippen molar-refractivity contribution in [2.45, 2.75) is 37.6 Å². The number of thioether (sulfide) groups is 1. The molecule has 2 amide bonds. The van der Waals surface area contributed by atoms with Gasteiger partial charge in [-0.1, -0.05) is 0 Å². The van der Waals surface area contributed by atoms with Gasteiger partial charge < -0.3 is 14.6 Å². The molecule has 6 nitrogen and oxygen atoms in total. The molecule has 2 aliphatic rings. The third kappa shape index (κ3) is 2.63. The molecule has 4 rings (SSSR count). The molecule has 1 aromatic heterocycles. The van der Waals surface area contributed by atoms with Crippen molar-refractivity contribution in [3.05, 3.63) is 40.2 Å². The van der Waals surface area contributed by atoms with Gasteiger partial charge in [0.1, 0.15) is 11.6 Å². The molecule has 0 spiro atoms. The monoisotopic (exact) mass is 358 g/mol. The summed E-state index contributed by atoms with van der Waals surface area (Å²) in [6.07, 6.45) is 1.27. The number of fused-ring (bicyclic) bond motifs is 2. The number of hydrogen-bond donors (Lipinski definition) is 1. The average Bonchev–Trinajstić information content (AvgIpc) is 3.03. The number of anilines is 1. The first kappa shape index (κ1) is 16.2. The van der Waals surface area contributed by atoms with E-state index in [1.807, 2.05) is 19.9 Å². The van der Waals surface area contributed by atoms with Crippen LogP contribution in [0, 0.1) is 6.92 Å². The van der Waals surface area contributed by atoms with Crippen LogP contribution in [0.5, 0.6) is 0 Å². The molecule has 0 saturated carbocycles. The van der Waals surface area contributed by atoms with Gasteiger partial charge in [-0.3, -0.25) is 9.59 Å². The van der Waals surface area contributed by atoms with Crippen LogP contribution >= 0.6 is 11.8 Å². The molecule has 1 N–H and O–H groups in total. The molecule has 0 aliphatic carbocycles. The van der Waals surface area contributed by atoms with Crippen LogP contribution in [-0.4, -0.2) is 33.4 Å². The first-order chi connectivity index (χ1) is 11.9. The van der Waals surface area contributed by atoms with E-state index in [0.717, 1.165) is 17.4 Å². The maximum absolute atomic E-state index is 12.7. The smallest absolute Gasteiger partial charge is 0.336 e. The third-order valence-electron chi connectivity index (χ3n) is 4.97. The molecule has 130 valence electrons. The van der Waals surface area contributed by atoms with Crippen LogP contribution in [0.4, 0.5) is 5.69 Å². The number of carbonyl (C=O) groups is 2. The lowest BCUT2D eigenvalue weighted by molar-refractivity contribution is -0.135. The zero-order chi connectivity index (χ0) is 17.8. The van der Waals surface area contributed by atoms with Crippen LogP contribution in [0.25, 0.3) is 11.0 Å². The highest BCUT2D eigenvalue weighted by Gasteiger charge is 2.52. The summed E-state index contributed by atoms with van der Waals surface area (Å²) in [4.78, 5) is 37.9. The highest BCUT2D eigenvalue weighted by molar-refractivity contribution is 8.01. The molecule has 7 heteroatoms. The van der Waals surface area contributed by atoms with Gasteiger partial charge in [-0.25, -0.2) is 4.79 Å². The third-order valence-corrected chi connectivity index (χ3v) is 6.47. The Morgan fingerprint density at radius 3 is 2.96 bits per heavy atom. The number of rotatable bonds is 2. The summed E-state index contributed by atoms with van der Waals surface area (Å²) in [5, 5.41) is 3.69. The first-order valence-corrected chi connectivity index (χ1v) is 9.17. The number of amides is 2. The van der Waals surface area contributed by atoms with Gasteiger partial charge in [-0.15, -0.1) is 11.8 Å². The molecule has 1 aromatic carbocycles. The van der Waals surface area contributed by atoms with E-state index in [4.69, 9.17) is 4.42 Å². The molecular formula is C18H18N2O4S. The number of aryl methyl sites for hydroxylation is 1. The van der Waals surface area contributed by atoms with Gasteiger partial charge in [-0.05, 0) is 38.0 Å². The highest BCUT2D eigenvalue weighted by Crippen LogP contribution is 2.47. The zero-order valence-electron chi connectivity index (χ0n) is 14.0. The van der Waals surface area contributed by atoms with E-state index in [-0.39, 0.29) is 16.7 Å². The van der Waals surface area contributed by atoms with Crippen LogP contribution in [0.15, 0.2) is 33.5 Å². The van der Waals surface area contributed by atoms with Crippen molar-refractivity contribution in [2.24, 2.45) is 0 Å². The largest absolute Gasteiger partial charge is 0.423 e. The van der Waals surface area contributed by atoms with Crippen molar-refractivity contribution in [2.75, 3.05) is 11.1 Å². The van der Waals surface area contributed by atoms with Gasteiger partial charge >= 0.3 is 5.63 Å². The van der Waals surface area contributed by atoms with Gasteiger partial charge in [0.25, 0.3) is 0 Å². The molecule has 0 radical (unpaired) electrons. The van der Waals surface area contributed by atoms with Gasteiger partial charge in [0.15, 0.2) is 0 Å². The standard InChI is InChI=1S/C18H18N2O4S/c1-10-7-16(22)24-14-8-11(3-4-12(10)14)19-17(23)13-9-25-18(2)6-5-15(21)20(13)18/h3-4,7-8,13H,5-6,9H2,1-2H3,(H,19,23). The Morgan fingerprint density at radius 1 is 1.36 bits per heavy atom. The van der Waals surface area contributed by atoms with Gasteiger partial charge in [0.2, 0.25) is 11.8 Å². The fourth-order valence-corrected chi connectivity index (χ4v) is 5.07. The minimum Gasteiger partial charge on any atom is -0.423 e. The van der Waals surface area contributed by atoms with Crippen LogP contribution < -0.4 is 10.9 Å². The minimum absolute atomic E-state index is 0.0350. The van der Waals surface area contributed by atoms with E-state index >= 15 is 0 Å². The molecule has 2 atom stereocenters. The lowest BCUT2D eigenvalue weighted by atomic mass is 10.1. The summed E-state index contributed by atoms with van der Waals surface area (Å²) in [6, 6.07) is 6.22. The second-order valence-electron chi connectivity index (χ2n) is 6.71. The zero-order valence-corrected chi connectivity index (χ0v) is 14.8. The number of carbonyl (C=O) groups excluding carboxylic acids is 2. The summed E-state index contributed by atoms with van der Waals surface area (Å²) < 4.78 is 5.22. The molecule has 2 aliphatic heterocycles. The highest BCUT2D eigenvalue weighted by atomic mass is 32.2. The predicted octanol–water partition coefficient (Wildman–Crippen LogP) is 2.49. The number of benzene rings is 1. The lowest BCUT2D eigenvalue weighted by Gasteiger charge is -2.29. The first-order valence-electron chi connectivity index (χ1n) is 8.19. The Kier molecular flexibility index (Phi) is 3.64. The van der Waals surface area contributed by atoms with E-state index in [2.05, 4.69) is 5.32 Å². The maximum Gasteiger partial charge on any atom is 0.336 e. The van der Waals surface area contributed by atoms with E-state index < -0.39 is 11.7 Å². The van der Waals surface area contributed by atoms with E-state index in [1.54, 1.807) is 28.8 Å². The van der Waals surface area contributed by atoms with Gasteiger partial charge in [-0.2, -0.15) is 0 Å². The fourth-order valence-electron chi connectivity index (χ4n) is 3.64. The quantitative estimate of drug-likeness (QED) is 0.835. The molecule has 0 bridgehead atoms. The number of nitrogens with zero attached hydrogens (tertiary/aromatic N) is 1. The van der Waals surface area contributed by atoms with Crippen molar-refractivity contribution >= 4 is 40.2 Å². The van der Waals surface area contributed by atoms with Crippen molar-refractivity contribution in [3.63, 3.8) is 0 Å². The van der Waals surface area contributed by atoms with Gasteiger partial charge in [0.05, 0.1) is 4.87 Å². The van der Waals surface area contributed by atoms with Gasteiger partial charge in [0, 0.05) is 35.4 Å². The second-order valence-corrected chi connectivity index (χ2v) is 8.22. The molecule has 2 saturated heterocycles. The van der Waals surface area contributed by atoms with Crippen LogP contribution in [0.2, 0.25) is 0 Å². The topological polar surface area (TPSA) is 79.6 Å². The predicted molar refractivity (Wildman–Crippen MR) is 96.6 cm³/mol. The van der Waals surface area contributed by atoms with E-state index in [1.165, 1.54) is 6.07 Å². The molecule has 3 heterocycles. The lowest BCUT2D eigenvalue weighted by Crippen LogP contribution is -2.48. The van der Waals surface area contributed by atoms with E-state index in [9.17, 15) is 14.4 Å². The van der Waals surface area contributed by atoms with Crippen molar-refractivity contribution < 1.29 is 14.0 Å². The second kappa shape index (κ2) is 5.62. The Balaban J connectivity index is 1.60. The molecule has 2 fully saturated rings. The minimum atomic E-state index is -0.467. The summed E-state index contributed by atoms with van der Waals surface area (Å²) in [5.74, 6) is 0.421. The van der Waals surface area contributed by atoms with E-state index in [0.29, 0.717) is 23.4 Å². The Bertz CT molecular complexity index is 954. The number of hydrogen-bond acceptors (Lipinski definition) is 5. The Labute approximate surface area is 148 Å². The molecule has 2 unspecified atom stereocenters. The maximum atomic E-state index is 12.7. The molecular weight excluding hydrogens is 340 g/mol. The molecule has 25 heavy (non-hydrogen) atoms. The van der Waals surface area contributed by atoms with Crippen LogP contribution in [0.1, 0.15) is 25.3 Å². The number of nitrogens with one attached hydrogen (secondary N) is 1. The molecule has 2 aromatic rings. The van der Waals surface area contributed by atoms with Crippen molar-refractivity contribution in [1.29, 1.82) is 0 Å². The normalized spacial score (nSPS) is 25.4.